The van der Waals surface area contributed by atoms with Gasteiger partial charge in [-0.3, -0.25) is 0 Å². The highest BCUT2D eigenvalue weighted by atomic mass is 79.9. The van der Waals surface area contributed by atoms with Crippen molar-refractivity contribution in [2.45, 2.75) is 0 Å². The van der Waals surface area contributed by atoms with Gasteiger partial charge < -0.3 is 19.5 Å². The van der Waals surface area contributed by atoms with Gasteiger partial charge in [0.05, 0.1) is 25.4 Å². The van der Waals surface area contributed by atoms with Gasteiger partial charge in [-0.25, -0.2) is 14.4 Å². The summed E-state index contributed by atoms with van der Waals surface area (Å²) in [5.41, 5.74) is 0.261. The second-order valence-electron chi connectivity index (χ2n) is 4.82. The van der Waals surface area contributed by atoms with E-state index in [1.165, 1.54) is 43.5 Å². The van der Waals surface area contributed by atoms with E-state index in [0.717, 1.165) is 0 Å². The number of carboxylic acids is 1. The summed E-state index contributed by atoms with van der Waals surface area (Å²) in [4.78, 5) is 37.1. The third kappa shape index (κ3) is 3.97. The number of methoxy groups -OCH3 is 2. The molecule has 0 atom stereocenters. The predicted octanol–water partition coefficient (Wildman–Crippen LogP) is 2.64. The quantitative estimate of drug-likeness (QED) is 0.766. The van der Waals surface area contributed by atoms with Gasteiger partial charge in [0.15, 0.2) is 0 Å². The molecule has 2 rings (SSSR count). The van der Waals surface area contributed by atoms with Crippen LogP contribution in [-0.2, 0) is 19.1 Å². The van der Waals surface area contributed by atoms with Gasteiger partial charge in [-0.1, -0.05) is 22.0 Å². The Morgan fingerprint density at radius 3 is 2.32 bits per heavy atom. The summed E-state index contributed by atoms with van der Waals surface area (Å²) < 4.78 is 10.0. The van der Waals surface area contributed by atoms with E-state index < -0.39 is 17.9 Å². The van der Waals surface area contributed by atoms with E-state index in [-0.39, 0.29) is 16.8 Å². The van der Waals surface area contributed by atoms with Crippen LogP contribution in [-0.4, -0.2) is 37.2 Å². The number of ether oxygens (including phenoxy) is 2. The van der Waals surface area contributed by atoms with E-state index in [4.69, 9.17) is 9.47 Å². The van der Waals surface area contributed by atoms with Crippen LogP contribution in [0.5, 0.6) is 0 Å². The molecular formula is C17H14BrNO6. The van der Waals surface area contributed by atoms with Gasteiger partial charge in [-0.15, -0.1) is 0 Å². The molecule has 0 spiro atoms. The van der Waals surface area contributed by atoms with E-state index in [1.807, 2.05) is 0 Å². The molecule has 0 radical (unpaired) electrons. The lowest BCUT2D eigenvalue weighted by Gasteiger charge is -2.23. The smallest absolute Gasteiger partial charge is 0.355 e. The maximum absolute atomic E-state index is 12.3. The molecule has 1 aliphatic rings. The number of aromatic carboxylic acids is 1. The standard InChI is InChI=1S/C17H14BrNO6/c1-24-16(22)13-5-3-4-6-19(14(13)17(23)25-2)12-8-10(15(20)21)7-11(18)9-12/h3-9H,1-2H3,(H,20,21). The molecule has 0 saturated carbocycles. The number of allylic oxidation sites excluding steroid dienone is 2. The largest absolute Gasteiger partial charge is 0.478 e. The van der Waals surface area contributed by atoms with E-state index in [9.17, 15) is 19.5 Å². The van der Waals surface area contributed by atoms with Crippen LogP contribution in [0.25, 0.3) is 0 Å². The third-order valence-corrected chi connectivity index (χ3v) is 3.75. The van der Waals surface area contributed by atoms with E-state index in [1.54, 1.807) is 18.2 Å². The molecule has 7 nitrogen and oxygen atoms in total. The van der Waals surface area contributed by atoms with Crippen molar-refractivity contribution >= 4 is 39.5 Å². The second kappa shape index (κ2) is 7.80. The topological polar surface area (TPSA) is 93.1 Å². The molecule has 0 bridgehead atoms. The highest BCUT2D eigenvalue weighted by Crippen LogP contribution is 2.29. The molecule has 0 aromatic heterocycles. The van der Waals surface area contributed by atoms with Crippen molar-refractivity contribution in [3.05, 3.63) is 63.9 Å². The summed E-state index contributed by atoms with van der Waals surface area (Å²) in [5.74, 6) is -2.62. The molecule has 1 N–H and O–H groups in total. The molecule has 130 valence electrons. The van der Waals surface area contributed by atoms with Gasteiger partial charge in [0.25, 0.3) is 0 Å². The fourth-order valence-corrected chi connectivity index (χ4v) is 2.68. The number of carbonyl (C=O) groups is 3. The zero-order chi connectivity index (χ0) is 18.6. The van der Waals surface area contributed by atoms with Gasteiger partial charge in [0, 0.05) is 16.4 Å². The van der Waals surface area contributed by atoms with Crippen molar-refractivity contribution in [1.82, 2.24) is 0 Å². The van der Waals surface area contributed by atoms with Crippen molar-refractivity contribution in [3.8, 4) is 0 Å². The Hall–Kier alpha value is -2.87. The summed E-state index contributed by atoms with van der Waals surface area (Å²) in [6.45, 7) is 0. The van der Waals surface area contributed by atoms with E-state index in [0.29, 0.717) is 10.2 Å². The minimum atomic E-state index is -1.13. The van der Waals surface area contributed by atoms with Crippen molar-refractivity contribution in [3.63, 3.8) is 0 Å². The third-order valence-electron chi connectivity index (χ3n) is 3.30. The Labute approximate surface area is 152 Å². The van der Waals surface area contributed by atoms with Gasteiger partial charge in [-0.2, -0.15) is 0 Å². The average molecular weight is 408 g/mol. The molecule has 0 unspecified atom stereocenters. The highest BCUT2D eigenvalue weighted by Gasteiger charge is 2.28. The Balaban J connectivity index is 2.71. The molecule has 25 heavy (non-hydrogen) atoms. The van der Waals surface area contributed by atoms with Crippen LogP contribution in [0.1, 0.15) is 10.4 Å². The average Bonchev–Trinajstić information content (AvgIpc) is 2.82. The summed E-state index contributed by atoms with van der Waals surface area (Å²) in [5, 5.41) is 9.24. The number of benzene rings is 1. The molecule has 0 saturated heterocycles. The van der Waals surface area contributed by atoms with Crippen LogP contribution in [0.4, 0.5) is 5.69 Å². The molecule has 0 fully saturated rings. The molecular weight excluding hydrogens is 394 g/mol. The summed E-state index contributed by atoms with van der Waals surface area (Å²) in [6.07, 6.45) is 6.10. The first-order chi connectivity index (χ1) is 11.9. The fourth-order valence-electron chi connectivity index (χ4n) is 2.20. The molecule has 1 aromatic rings. The van der Waals surface area contributed by atoms with Crippen LogP contribution in [0.2, 0.25) is 0 Å². The Morgan fingerprint density at radius 1 is 1.04 bits per heavy atom. The lowest BCUT2D eigenvalue weighted by atomic mass is 10.1. The predicted molar refractivity (Wildman–Crippen MR) is 92.9 cm³/mol. The van der Waals surface area contributed by atoms with Gasteiger partial charge in [-0.05, 0) is 30.4 Å². The Bertz CT molecular complexity index is 824. The number of anilines is 1. The highest BCUT2D eigenvalue weighted by molar-refractivity contribution is 9.10. The van der Waals surface area contributed by atoms with Crippen LogP contribution in [0.3, 0.4) is 0 Å². The lowest BCUT2D eigenvalue weighted by Crippen LogP contribution is -2.27. The number of carboxylic acid groups (broad SMARTS) is 1. The number of hydrogen-bond donors (Lipinski definition) is 1. The number of carbonyl (C=O) groups excluding carboxylic acids is 2. The minimum absolute atomic E-state index is 0.0128. The van der Waals surface area contributed by atoms with Crippen molar-refractivity contribution in [1.29, 1.82) is 0 Å². The first-order valence-electron chi connectivity index (χ1n) is 6.98. The minimum Gasteiger partial charge on any atom is -0.478 e. The maximum Gasteiger partial charge on any atom is 0.355 e. The molecule has 1 aromatic carbocycles. The number of halogens is 1. The first-order valence-corrected chi connectivity index (χ1v) is 7.77. The number of hydrogen-bond acceptors (Lipinski definition) is 6. The molecule has 0 aliphatic carbocycles. The SMILES string of the molecule is COC(=O)C1=C(C(=O)OC)N(c2cc(Br)cc(C(=O)O)c2)C=CC=C1. The van der Waals surface area contributed by atoms with E-state index >= 15 is 0 Å². The van der Waals surface area contributed by atoms with E-state index in [2.05, 4.69) is 15.9 Å². The summed E-state index contributed by atoms with van der Waals surface area (Å²) in [7, 11) is 2.38. The second-order valence-corrected chi connectivity index (χ2v) is 5.74. The maximum atomic E-state index is 12.3. The Kier molecular flexibility index (Phi) is 5.76. The van der Waals surface area contributed by atoms with Crippen LogP contribution >= 0.6 is 15.9 Å². The van der Waals surface area contributed by atoms with Crippen molar-refractivity contribution < 1.29 is 29.0 Å². The Morgan fingerprint density at radius 2 is 1.72 bits per heavy atom. The van der Waals surface area contributed by atoms with Gasteiger partial charge in [0.2, 0.25) is 0 Å². The summed E-state index contributed by atoms with van der Waals surface area (Å²) >= 11 is 3.25. The molecule has 1 heterocycles. The first kappa shape index (κ1) is 18.5. The van der Waals surface area contributed by atoms with Crippen LogP contribution < -0.4 is 4.90 Å². The molecule has 8 heteroatoms. The van der Waals surface area contributed by atoms with Crippen molar-refractivity contribution in [2.24, 2.45) is 0 Å². The normalized spacial score (nSPS) is 13.5. The fraction of sp³-hybridized carbons (Fsp3) is 0.118. The van der Waals surface area contributed by atoms with Crippen LogP contribution in [0, 0.1) is 0 Å². The summed E-state index contributed by atoms with van der Waals surface area (Å²) in [6, 6.07) is 4.41. The van der Waals surface area contributed by atoms with Crippen LogP contribution in [0.15, 0.2) is 58.4 Å². The molecule has 1 aliphatic heterocycles. The monoisotopic (exact) mass is 407 g/mol. The lowest BCUT2D eigenvalue weighted by molar-refractivity contribution is -0.139. The number of esters is 2. The molecule has 0 amide bonds. The zero-order valence-corrected chi connectivity index (χ0v) is 14.9. The van der Waals surface area contributed by atoms with Gasteiger partial charge >= 0.3 is 17.9 Å². The zero-order valence-electron chi connectivity index (χ0n) is 13.4. The number of rotatable bonds is 4. The van der Waals surface area contributed by atoms with Gasteiger partial charge in [0.1, 0.15) is 5.70 Å². The number of nitrogens with zero attached hydrogens (tertiary/aromatic N) is 1. The van der Waals surface area contributed by atoms with Crippen molar-refractivity contribution in [2.75, 3.05) is 19.1 Å².